The molecule has 1 fully saturated rings. The van der Waals surface area contributed by atoms with Crippen LogP contribution in [0, 0.1) is 5.92 Å². The number of ketones is 2. The van der Waals surface area contributed by atoms with Gasteiger partial charge >= 0.3 is 7.12 Å². The van der Waals surface area contributed by atoms with E-state index in [-0.39, 0.29) is 36.5 Å². The highest BCUT2D eigenvalue weighted by molar-refractivity contribution is 6.47. The monoisotopic (exact) mass is 416 g/mol. The molecule has 1 saturated carbocycles. The van der Waals surface area contributed by atoms with Crippen molar-refractivity contribution < 1.29 is 24.4 Å². The topological polar surface area (TPSA) is 122 Å². The molecule has 3 rings (SSSR count). The van der Waals surface area contributed by atoms with Crippen molar-refractivity contribution in [2.45, 2.75) is 69.8 Å². The Morgan fingerprint density at radius 3 is 2.67 bits per heavy atom. The molecule has 1 aromatic carbocycles. The van der Waals surface area contributed by atoms with Crippen LogP contribution in [0.2, 0.25) is 5.82 Å². The summed E-state index contributed by atoms with van der Waals surface area (Å²) >= 11 is 0. The van der Waals surface area contributed by atoms with Crippen LogP contribution in [0.25, 0.3) is 0 Å². The van der Waals surface area contributed by atoms with E-state index in [1.807, 2.05) is 12.1 Å². The van der Waals surface area contributed by atoms with Crippen LogP contribution in [-0.4, -0.2) is 54.1 Å². The summed E-state index contributed by atoms with van der Waals surface area (Å²) in [4.78, 5) is 24.4. The average Bonchev–Trinajstić information content (AvgIpc) is 2.73. The number of carbonyl (C=O) groups is 2. The summed E-state index contributed by atoms with van der Waals surface area (Å²) in [5.74, 6) is 0.600. The Balaban J connectivity index is 1.47. The fraction of sp³-hybridized carbons (Fsp3) is 0.636. The normalized spacial score (nSPS) is 24.7. The largest absolute Gasteiger partial charge is 0.535 e. The molecule has 2 aliphatic rings. The number of fused-ring (bicyclic) bond motifs is 1. The number of Topliss-reactive ketones (excluding diaryl/α,β-unsaturated/α-hetero) is 2. The zero-order valence-corrected chi connectivity index (χ0v) is 17.7. The van der Waals surface area contributed by atoms with Gasteiger partial charge in [-0.05, 0) is 56.6 Å². The summed E-state index contributed by atoms with van der Waals surface area (Å²) in [7, 11) is -1.07. The average molecular weight is 416 g/mol. The first kappa shape index (κ1) is 22.9. The minimum Gasteiger partial charge on any atom is -0.535 e. The second kappa shape index (κ2) is 10.5. The molecule has 1 heterocycles. The van der Waals surface area contributed by atoms with Gasteiger partial charge in [0, 0.05) is 37.3 Å². The molecule has 0 bridgehead atoms. The summed E-state index contributed by atoms with van der Waals surface area (Å²) in [6, 6.07) is 5.57. The fourth-order valence-electron chi connectivity index (χ4n) is 4.59. The van der Waals surface area contributed by atoms with Crippen LogP contribution >= 0.6 is 0 Å². The van der Waals surface area contributed by atoms with Gasteiger partial charge in [-0.15, -0.1) is 0 Å². The highest BCUT2D eigenvalue weighted by Gasteiger charge is 2.37. The minimum atomic E-state index is -1.07. The Kier molecular flexibility index (Phi) is 8.05. The molecule has 164 valence electrons. The van der Waals surface area contributed by atoms with Gasteiger partial charge in [0.1, 0.15) is 11.5 Å². The van der Waals surface area contributed by atoms with Crippen LogP contribution in [0.3, 0.4) is 0 Å². The third-order valence-electron chi connectivity index (χ3n) is 6.36. The molecule has 8 heteroatoms. The smallest absolute Gasteiger partial charge is 0.526 e. The maximum atomic E-state index is 12.7. The molecule has 0 radical (unpaired) electrons. The molecular weight excluding hydrogens is 383 g/mol. The fourth-order valence-corrected chi connectivity index (χ4v) is 4.59. The van der Waals surface area contributed by atoms with Gasteiger partial charge in [0.25, 0.3) is 0 Å². The first-order valence-electron chi connectivity index (χ1n) is 11.0. The number of hydrogen-bond acceptors (Lipinski definition) is 7. The lowest BCUT2D eigenvalue weighted by atomic mass is 9.64. The summed E-state index contributed by atoms with van der Waals surface area (Å²) in [6.45, 7) is 2.07. The zero-order chi connectivity index (χ0) is 21.7. The van der Waals surface area contributed by atoms with E-state index in [0.717, 1.165) is 31.2 Å². The van der Waals surface area contributed by atoms with Crippen molar-refractivity contribution in [3.8, 4) is 5.75 Å². The lowest BCUT2D eigenvalue weighted by molar-refractivity contribution is -0.120. The Bertz CT molecular complexity index is 751. The van der Waals surface area contributed by atoms with Crippen molar-refractivity contribution >= 4 is 18.7 Å². The summed E-state index contributed by atoms with van der Waals surface area (Å²) in [5.41, 5.74) is 7.08. The molecule has 7 nitrogen and oxygen atoms in total. The van der Waals surface area contributed by atoms with Gasteiger partial charge in [-0.3, -0.25) is 9.59 Å². The van der Waals surface area contributed by atoms with Crippen molar-refractivity contribution in [1.82, 2.24) is 5.32 Å². The molecule has 0 saturated heterocycles. The maximum absolute atomic E-state index is 12.7. The lowest BCUT2D eigenvalue weighted by Crippen LogP contribution is -2.43. The van der Waals surface area contributed by atoms with E-state index in [9.17, 15) is 14.6 Å². The SMILES string of the molecule is CC(=O)c1cccc2c1OB(O)[C@@H](CC(=O)CC1CCC(NC[C@@H](N)CO)CC1)C2. The molecule has 0 aromatic heterocycles. The van der Waals surface area contributed by atoms with E-state index < -0.39 is 7.12 Å². The Morgan fingerprint density at radius 1 is 1.27 bits per heavy atom. The van der Waals surface area contributed by atoms with Gasteiger partial charge in [0.15, 0.2) is 5.78 Å². The molecule has 0 unspecified atom stereocenters. The summed E-state index contributed by atoms with van der Waals surface area (Å²) < 4.78 is 5.64. The minimum absolute atomic E-state index is 0.0197. The number of nitrogens with one attached hydrogen (secondary N) is 1. The number of aliphatic hydroxyl groups excluding tert-OH is 1. The molecule has 1 aromatic rings. The number of para-hydroxylation sites is 1. The maximum Gasteiger partial charge on any atom is 0.526 e. The second-order valence-electron chi connectivity index (χ2n) is 8.84. The predicted octanol–water partition coefficient (Wildman–Crippen LogP) is 1.49. The number of nitrogens with two attached hydrogens (primary N) is 1. The molecule has 5 N–H and O–H groups in total. The van der Waals surface area contributed by atoms with Crippen molar-refractivity contribution in [2.24, 2.45) is 11.7 Å². The van der Waals surface area contributed by atoms with Crippen LogP contribution in [-0.2, 0) is 11.2 Å². The van der Waals surface area contributed by atoms with E-state index in [1.165, 1.54) is 6.92 Å². The Labute approximate surface area is 178 Å². The van der Waals surface area contributed by atoms with Crippen LogP contribution in [0.4, 0.5) is 0 Å². The van der Waals surface area contributed by atoms with Gasteiger partial charge in [0.2, 0.25) is 0 Å². The number of carbonyl (C=O) groups excluding carboxylic acids is 2. The predicted molar refractivity (Wildman–Crippen MR) is 116 cm³/mol. The van der Waals surface area contributed by atoms with Crippen molar-refractivity contribution in [2.75, 3.05) is 13.2 Å². The molecule has 30 heavy (non-hydrogen) atoms. The highest BCUT2D eigenvalue weighted by atomic mass is 16.5. The molecular formula is C22H33BN2O5. The number of rotatable bonds is 9. The van der Waals surface area contributed by atoms with Crippen LogP contribution in [0.1, 0.15) is 61.4 Å². The lowest BCUT2D eigenvalue weighted by Gasteiger charge is -2.31. The Hall–Kier alpha value is -1.74. The van der Waals surface area contributed by atoms with E-state index in [1.54, 1.807) is 6.07 Å². The van der Waals surface area contributed by atoms with E-state index in [2.05, 4.69) is 5.32 Å². The highest BCUT2D eigenvalue weighted by Crippen LogP contribution is 2.37. The third kappa shape index (κ3) is 5.91. The van der Waals surface area contributed by atoms with Gasteiger partial charge in [-0.25, -0.2) is 0 Å². The third-order valence-corrected chi connectivity index (χ3v) is 6.36. The Morgan fingerprint density at radius 2 is 2.00 bits per heavy atom. The van der Waals surface area contributed by atoms with E-state index in [0.29, 0.717) is 42.7 Å². The van der Waals surface area contributed by atoms with E-state index >= 15 is 0 Å². The van der Waals surface area contributed by atoms with Crippen molar-refractivity contribution in [3.05, 3.63) is 29.3 Å². The molecule has 1 aliphatic carbocycles. The van der Waals surface area contributed by atoms with Crippen molar-refractivity contribution in [3.63, 3.8) is 0 Å². The van der Waals surface area contributed by atoms with Gasteiger partial charge in [-0.1, -0.05) is 12.1 Å². The molecule has 1 aliphatic heterocycles. The molecule has 2 atom stereocenters. The van der Waals surface area contributed by atoms with Crippen LogP contribution in [0.15, 0.2) is 18.2 Å². The number of hydrogen-bond donors (Lipinski definition) is 4. The van der Waals surface area contributed by atoms with Gasteiger partial charge in [-0.2, -0.15) is 0 Å². The molecule has 0 spiro atoms. The summed E-state index contributed by atoms with van der Waals surface area (Å²) in [6.07, 6.45) is 5.35. The van der Waals surface area contributed by atoms with Crippen molar-refractivity contribution in [1.29, 1.82) is 0 Å². The number of benzene rings is 1. The van der Waals surface area contributed by atoms with Crippen LogP contribution < -0.4 is 15.7 Å². The van der Waals surface area contributed by atoms with Gasteiger partial charge in [0.05, 0.1) is 12.2 Å². The zero-order valence-electron chi connectivity index (χ0n) is 17.7. The van der Waals surface area contributed by atoms with Gasteiger partial charge < -0.3 is 25.8 Å². The molecule has 0 amide bonds. The summed E-state index contributed by atoms with van der Waals surface area (Å²) in [5, 5.41) is 22.8. The quantitative estimate of drug-likeness (QED) is 0.355. The van der Waals surface area contributed by atoms with Crippen LogP contribution in [0.5, 0.6) is 5.75 Å². The standard InChI is InChI=1S/C22H33BN2O5/c1-14(27)21-4-2-3-16-10-17(23(29)30-22(16)21)11-20(28)9-15-5-7-19(8-6-15)25-12-18(24)13-26/h2-4,15,17-19,25-26,29H,5-13,24H2,1H3/t15?,17-,18-,19?/m1/s1. The first-order valence-corrected chi connectivity index (χ1v) is 11.0. The second-order valence-corrected chi connectivity index (χ2v) is 8.84. The first-order chi connectivity index (χ1) is 14.4. The number of aliphatic hydroxyl groups is 1. The van der Waals surface area contributed by atoms with E-state index in [4.69, 9.17) is 15.5 Å².